The molecule has 5 nitrogen and oxygen atoms in total. The van der Waals surface area contributed by atoms with Gasteiger partial charge in [-0.1, -0.05) is 37.4 Å². The Balaban J connectivity index is 1.91. The fourth-order valence-electron chi connectivity index (χ4n) is 4.02. The third-order valence-corrected chi connectivity index (χ3v) is 6.11. The Morgan fingerprint density at radius 3 is 2.71 bits per heavy atom. The van der Waals surface area contributed by atoms with E-state index < -0.39 is 0 Å². The average Bonchev–Trinajstić information content (AvgIpc) is 2.85. The first-order valence-electron chi connectivity index (χ1n) is 11.8. The topological polar surface area (TPSA) is 63.2 Å². The highest BCUT2D eigenvalue weighted by Crippen LogP contribution is 2.22. The number of pyridine rings is 1. The van der Waals surface area contributed by atoms with Crippen molar-refractivity contribution in [2.75, 3.05) is 19.7 Å². The Bertz CT molecular complexity index is 1200. The number of aryl methyl sites for hydroxylation is 1. The van der Waals surface area contributed by atoms with E-state index in [9.17, 15) is 4.79 Å². The normalized spacial score (nSPS) is 16.1. The number of carbonyl (C=O) groups is 1. The van der Waals surface area contributed by atoms with Crippen LogP contribution in [-0.4, -0.2) is 30.6 Å². The smallest absolute Gasteiger partial charge is 0.337 e. The third-order valence-electron chi connectivity index (χ3n) is 6.11. The van der Waals surface area contributed by atoms with Crippen molar-refractivity contribution in [1.29, 1.82) is 0 Å². The predicted octanol–water partition coefficient (Wildman–Crippen LogP) is 3.69. The number of piperidine rings is 1. The summed E-state index contributed by atoms with van der Waals surface area (Å²) in [5, 5.41) is 8.29. The highest BCUT2D eigenvalue weighted by Gasteiger charge is 2.16. The Morgan fingerprint density at radius 1 is 1.26 bits per heavy atom. The maximum absolute atomic E-state index is 12.8. The zero-order valence-corrected chi connectivity index (χ0v) is 20.5. The first-order valence-corrected chi connectivity index (χ1v) is 11.8. The molecular weight excluding hydrogens is 422 g/mol. The summed E-state index contributed by atoms with van der Waals surface area (Å²) in [6, 6.07) is 12.0. The van der Waals surface area contributed by atoms with Gasteiger partial charge in [0.15, 0.2) is 0 Å². The van der Waals surface area contributed by atoms with Gasteiger partial charge in [0.2, 0.25) is 0 Å². The highest BCUT2D eigenvalue weighted by molar-refractivity contribution is 5.97. The predicted molar refractivity (Wildman–Crippen MR) is 141 cm³/mol. The van der Waals surface area contributed by atoms with Crippen molar-refractivity contribution < 1.29 is 9.53 Å². The van der Waals surface area contributed by atoms with Gasteiger partial charge < -0.3 is 15.4 Å². The first-order chi connectivity index (χ1) is 16.4. The van der Waals surface area contributed by atoms with Crippen LogP contribution in [0.5, 0.6) is 0 Å². The van der Waals surface area contributed by atoms with E-state index in [0.717, 1.165) is 64.6 Å². The van der Waals surface area contributed by atoms with Crippen molar-refractivity contribution in [1.82, 2.24) is 15.6 Å². The van der Waals surface area contributed by atoms with E-state index >= 15 is 0 Å². The van der Waals surface area contributed by atoms with E-state index in [1.165, 1.54) is 0 Å². The van der Waals surface area contributed by atoms with E-state index in [0.29, 0.717) is 18.1 Å². The van der Waals surface area contributed by atoms with Crippen molar-refractivity contribution >= 4 is 29.9 Å². The van der Waals surface area contributed by atoms with Gasteiger partial charge in [0.1, 0.15) is 0 Å². The minimum atomic E-state index is -0.295. The summed E-state index contributed by atoms with van der Waals surface area (Å²) in [4.78, 5) is 17.4. The second-order valence-electron chi connectivity index (χ2n) is 8.61. The molecule has 0 radical (unpaired) electrons. The standard InChI is InChI=1S/C29H35N3O2/c1-6-24(29(33)34-19-23-13-15-30-16-14-23)17-26-18-25(12-11-20(26)3)22(5)28(31-7-2)27-10-8-9-21(4)32-27/h6-12,17-18,23,30-31H,2-3,13-16,19H2,1,4-5H3/b24-6+,26-17-,28-22+. The molecule has 0 spiro atoms. The van der Waals surface area contributed by atoms with Gasteiger partial charge in [-0.05, 0) is 105 Å². The quantitative estimate of drug-likeness (QED) is 0.468. The van der Waals surface area contributed by atoms with Crippen LogP contribution in [0.4, 0.5) is 0 Å². The number of benzene rings is 1. The fraction of sp³-hybridized carbons (Fsp3) is 0.310. The second-order valence-corrected chi connectivity index (χ2v) is 8.61. The summed E-state index contributed by atoms with van der Waals surface area (Å²) in [5.41, 5.74) is 5.22. The van der Waals surface area contributed by atoms with Gasteiger partial charge in [0, 0.05) is 5.69 Å². The number of carbonyl (C=O) groups excluding carboxylic acids is 1. The second kappa shape index (κ2) is 12.1. The van der Waals surface area contributed by atoms with E-state index in [1.54, 1.807) is 12.3 Å². The van der Waals surface area contributed by atoms with Gasteiger partial charge in [-0.3, -0.25) is 4.98 Å². The molecule has 2 aromatic rings. The number of hydrogen-bond donors (Lipinski definition) is 2. The number of allylic oxidation sites excluding steroid dienone is 2. The molecule has 0 aliphatic carbocycles. The van der Waals surface area contributed by atoms with Gasteiger partial charge in [-0.2, -0.15) is 0 Å². The molecule has 178 valence electrons. The molecule has 1 fully saturated rings. The lowest BCUT2D eigenvalue weighted by atomic mass is 9.99. The van der Waals surface area contributed by atoms with Crippen molar-refractivity contribution in [3.05, 3.63) is 88.2 Å². The number of aromatic nitrogens is 1. The van der Waals surface area contributed by atoms with Gasteiger partial charge in [0.25, 0.3) is 0 Å². The zero-order valence-electron chi connectivity index (χ0n) is 20.5. The first kappa shape index (κ1) is 25.2. The van der Waals surface area contributed by atoms with Gasteiger partial charge in [-0.15, -0.1) is 0 Å². The van der Waals surface area contributed by atoms with E-state index in [1.807, 2.05) is 63.2 Å². The molecule has 34 heavy (non-hydrogen) atoms. The Labute approximate surface area is 202 Å². The van der Waals surface area contributed by atoms with Crippen LogP contribution in [0, 0.1) is 12.8 Å². The molecule has 0 unspecified atom stereocenters. The van der Waals surface area contributed by atoms with Crippen LogP contribution in [0.25, 0.3) is 23.9 Å². The fourth-order valence-corrected chi connectivity index (χ4v) is 4.02. The summed E-state index contributed by atoms with van der Waals surface area (Å²) >= 11 is 0. The lowest BCUT2D eigenvalue weighted by molar-refractivity contribution is -0.140. The minimum absolute atomic E-state index is 0.295. The summed E-state index contributed by atoms with van der Waals surface area (Å²) < 4.78 is 5.64. The van der Waals surface area contributed by atoms with Crippen LogP contribution in [0.2, 0.25) is 0 Å². The Morgan fingerprint density at radius 2 is 2.03 bits per heavy atom. The summed E-state index contributed by atoms with van der Waals surface area (Å²) in [6.45, 7) is 16.3. The number of rotatable bonds is 8. The molecule has 0 bridgehead atoms. The van der Waals surface area contributed by atoms with Gasteiger partial charge in [0.05, 0.1) is 23.6 Å². The summed E-state index contributed by atoms with van der Waals surface area (Å²) in [7, 11) is 0. The van der Waals surface area contributed by atoms with Crippen LogP contribution in [0.3, 0.4) is 0 Å². The molecular formula is C29H35N3O2. The van der Waals surface area contributed by atoms with Crippen LogP contribution >= 0.6 is 0 Å². The van der Waals surface area contributed by atoms with Crippen molar-refractivity contribution in [3.8, 4) is 0 Å². The highest BCUT2D eigenvalue weighted by atomic mass is 16.5. The molecule has 1 aliphatic rings. The van der Waals surface area contributed by atoms with E-state index in [4.69, 9.17) is 4.74 Å². The molecule has 1 aromatic carbocycles. The maximum Gasteiger partial charge on any atom is 0.337 e. The van der Waals surface area contributed by atoms with Crippen LogP contribution in [0.15, 0.2) is 60.8 Å². The maximum atomic E-state index is 12.8. The number of nitrogens with one attached hydrogen (secondary N) is 2. The molecule has 1 aromatic heterocycles. The van der Waals surface area contributed by atoms with Gasteiger partial charge >= 0.3 is 5.97 Å². The summed E-state index contributed by atoms with van der Waals surface area (Å²) in [6.07, 6.45) is 7.38. The van der Waals surface area contributed by atoms with E-state index in [-0.39, 0.29) is 5.97 Å². The largest absolute Gasteiger partial charge is 0.462 e. The molecule has 5 heteroatoms. The van der Waals surface area contributed by atoms with Crippen molar-refractivity contribution in [2.24, 2.45) is 5.92 Å². The van der Waals surface area contributed by atoms with Crippen LogP contribution < -0.4 is 21.1 Å². The van der Waals surface area contributed by atoms with E-state index in [2.05, 4.69) is 28.8 Å². The molecule has 2 N–H and O–H groups in total. The lowest BCUT2D eigenvalue weighted by Gasteiger charge is -2.22. The number of esters is 1. The van der Waals surface area contributed by atoms with Crippen LogP contribution in [0.1, 0.15) is 43.6 Å². The monoisotopic (exact) mass is 457 g/mol. The molecule has 1 aliphatic heterocycles. The van der Waals surface area contributed by atoms with Crippen LogP contribution in [-0.2, 0) is 9.53 Å². The molecule has 2 heterocycles. The molecule has 1 saturated heterocycles. The average molecular weight is 458 g/mol. The number of ether oxygens (including phenoxy) is 1. The molecule has 0 amide bonds. The SMILES string of the molecule is C=CN/C(=C(\C)c1ccc(=C)/c(=C\C(=C/C)C(=O)OCC2CCNCC2)c1)c1cccc(C)n1. The van der Waals surface area contributed by atoms with Crippen molar-refractivity contribution in [2.45, 2.75) is 33.6 Å². The molecule has 3 rings (SSSR count). The zero-order chi connectivity index (χ0) is 24.5. The van der Waals surface area contributed by atoms with Gasteiger partial charge in [-0.25, -0.2) is 4.79 Å². The molecule has 0 saturated carbocycles. The molecule has 0 atom stereocenters. The Hall–Kier alpha value is -3.44. The number of nitrogens with zero attached hydrogens (tertiary/aromatic N) is 1. The minimum Gasteiger partial charge on any atom is -0.462 e. The Kier molecular flexibility index (Phi) is 9.00. The lowest BCUT2D eigenvalue weighted by Crippen LogP contribution is -2.30. The third kappa shape index (κ3) is 6.55. The number of hydrogen-bond acceptors (Lipinski definition) is 5. The van der Waals surface area contributed by atoms with Crippen molar-refractivity contribution in [3.63, 3.8) is 0 Å². The summed E-state index contributed by atoms with van der Waals surface area (Å²) in [5.74, 6) is 0.130.